The van der Waals surface area contributed by atoms with Crippen LogP contribution in [0.2, 0.25) is 0 Å². The Morgan fingerprint density at radius 3 is 2.82 bits per heavy atom. The van der Waals surface area contributed by atoms with E-state index in [1.54, 1.807) is 6.20 Å². The fourth-order valence-corrected chi connectivity index (χ4v) is 2.30. The Kier molecular flexibility index (Phi) is 2.82. The average molecular weight is 227 g/mol. The van der Waals surface area contributed by atoms with Crippen LogP contribution in [-0.2, 0) is 6.54 Å². The van der Waals surface area contributed by atoms with Crippen LogP contribution in [0.3, 0.4) is 0 Å². The van der Waals surface area contributed by atoms with E-state index >= 15 is 0 Å². The van der Waals surface area contributed by atoms with E-state index in [1.165, 1.54) is 32.2 Å². The fourth-order valence-electron chi connectivity index (χ4n) is 2.30. The summed E-state index contributed by atoms with van der Waals surface area (Å²) >= 11 is 0. The molecule has 2 aliphatic carbocycles. The zero-order valence-electron chi connectivity index (χ0n) is 9.97. The van der Waals surface area contributed by atoms with E-state index in [-0.39, 0.29) is 0 Å². The third-order valence-corrected chi connectivity index (χ3v) is 3.62. The first-order valence-electron chi connectivity index (χ1n) is 6.45. The van der Waals surface area contributed by atoms with Gasteiger partial charge in [0.05, 0.1) is 0 Å². The van der Waals surface area contributed by atoms with Crippen LogP contribution in [0.1, 0.15) is 36.9 Å². The molecule has 0 N–H and O–H groups in total. The first-order chi connectivity index (χ1) is 8.36. The molecule has 1 aromatic heterocycles. The van der Waals surface area contributed by atoms with Crippen LogP contribution in [0.5, 0.6) is 0 Å². The smallest absolute Gasteiger partial charge is 0.144 e. The highest BCUT2D eigenvalue weighted by Crippen LogP contribution is 2.35. The highest BCUT2D eigenvalue weighted by molar-refractivity contribution is 5.30. The monoisotopic (exact) mass is 227 g/mol. The second-order valence-electron chi connectivity index (χ2n) is 5.23. The first kappa shape index (κ1) is 10.7. The summed E-state index contributed by atoms with van der Waals surface area (Å²) in [7, 11) is 0. The zero-order chi connectivity index (χ0) is 11.7. The van der Waals surface area contributed by atoms with Gasteiger partial charge in [-0.3, -0.25) is 4.90 Å². The highest BCUT2D eigenvalue weighted by Gasteiger charge is 2.33. The van der Waals surface area contributed by atoms with E-state index in [4.69, 9.17) is 5.26 Å². The number of hydrogen-bond donors (Lipinski definition) is 0. The SMILES string of the molecule is N#Cc1ncccc1CN(CC1CC1)C1CC1. The van der Waals surface area contributed by atoms with Gasteiger partial charge in [0.15, 0.2) is 0 Å². The van der Waals surface area contributed by atoms with Crippen LogP contribution < -0.4 is 0 Å². The van der Waals surface area contributed by atoms with Crippen molar-refractivity contribution in [3.8, 4) is 6.07 Å². The lowest BCUT2D eigenvalue weighted by Crippen LogP contribution is -2.28. The van der Waals surface area contributed by atoms with Gasteiger partial charge in [0.2, 0.25) is 0 Å². The third kappa shape index (κ3) is 2.65. The van der Waals surface area contributed by atoms with Crippen molar-refractivity contribution >= 4 is 0 Å². The molecule has 0 amide bonds. The lowest BCUT2D eigenvalue weighted by atomic mass is 10.2. The molecule has 0 saturated heterocycles. The van der Waals surface area contributed by atoms with Crippen LogP contribution in [0.4, 0.5) is 0 Å². The molecular weight excluding hydrogens is 210 g/mol. The molecule has 3 rings (SSSR count). The third-order valence-electron chi connectivity index (χ3n) is 3.62. The van der Waals surface area contributed by atoms with Gasteiger partial charge < -0.3 is 0 Å². The van der Waals surface area contributed by atoms with Crippen LogP contribution >= 0.6 is 0 Å². The van der Waals surface area contributed by atoms with E-state index in [0.717, 1.165) is 24.1 Å². The van der Waals surface area contributed by atoms with Crippen LogP contribution in [0.25, 0.3) is 0 Å². The number of nitriles is 1. The minimum atomic E-state index is 0.592. The molecule has 0 atom stereocenters. The molecule has 3 nitrogen and oxygen atoms in total. The summed E-state index contributed by atoms with van der Waals surface area (Å²) < 4.78 is 0. The van der Waals surface area contributed by atoms with Crippen molar-refractivity contribution in [3.63, 3.8) is 0 Å². The summed E-state index contributed by atoms with van der Waals surface area (Å²) in [4.78, 5) is 6.69. The van der Waals surface area contributed by atoms with Crippen molar-refractivity contribution in [2.24, 2.45) is 5.92 Å². The lowest BCUT2D eigenvalue weighted by molar-refractivity contribution is 0.243. The van der Waals surface area contributed by atoms with Gasteiger partial charge in [0.1, 0.15) is 11.8 Å². The molecule has 1 aromatic rings. The Morgan fingerprint density at radius 2 is 2.18 bits per heavy atom. The lowest BCUT2D eigenvalue weighted by Gasteiger charge is -2.22. The zero-order valence-corrected chi connectivity index (χ0v) is 9.97. The molecule has 2 fully saturated rings. The van der Waals surface area contributed by atoms with Crippen molar-refractivity contribution < 1.29 is 0 Å². The molecule has 2 aliphatic rings. The predicted octanol–water partition coefficient (Wildman–Crippen LogP) is 2.33. The summed E-state index contributed by atoms with van der Waals surface area (Å²) in [5, 5.41) is 9.05. The van der Waals surface area contributed by atoms with Crippen molar-refractivity contribution in [2.75, 3.05) is 6.54 Å². The summed E-state index contributed by atoms with van der Waals surface area (Å²) in [6.45, 7) is 2.11. The minimum absolute atomic E-state index is 0.592. The molecular formula is C14H17N3. The normalized spacial score (nSPS) is 19.3. The number of rotatable bonds is 5. The number of hydrogen-bond acceptors (Lipinski definition) is 3. The summed E-state index contributed by atoms with van der Waals surface area (Å²) in [6, 6.07) is 6.92. The van der Waals surface area contributed by atoms with Gasteiger partial charge in [-0.1, -0.05) is 6.07 Å². The molecule has 3 heteroatoms. The summed E-state index contributed by atoms with van der Waals surface area (Å²) in [5.74, 6) is 0.915. The molecule has 0 aliphatic heterocycles. The van der Waals surface area contributed by atoms with Gasteiger partial charge in [0.25, 0.3) is 0 Å². The van der Waals surface area contributed by atoms with Gasteiger partial charge in [-0.2, -0.15) is 5.26 Å². The largest absolute Gasteiger partial charge is 0.296 e. The van der Waals surface area contributed by atoms with Gasteiger partial charge in [0, 0.05) is 30.9 Å². The minimum Gasteiger partial charge on any atom is -0.296 e. The molecule has 0 radical (unpaired) electrons. The second kappa shape index (κ2) is 4.46. The van der Waals surface area contributed by atoms with Gasteiger partial charge in [-0.25, -0.2) is 4.98 Å². The van der Waals surface area contributed by atoms with Gasteiger partial charge in [-0.05, 0) is 37.7 Å². The maximum atomic E-state index is 9.05. The molecule has 0 bridgehead atoms. The summed E-state index contributed by atoms with van der Waals surface area (Å²) in [6.07, 6.45) is 7.14. The molecule has 0 aromatic carbocycles. The topological polar surface area (TPSA) is 39.9 Å². The van der Waals surface area contributed by atoms with Crippen molar-refractivity contribution in [1.82, 2.24) is 9.88 Å². The highest BCUT2D eigenvalue weighted by atomic mass is 15.2. The number of pyridine rings is 1. The second-order valence-corrected chi connectivity index (χ2v) is 5.23. The maximum absolute atomic E-state index is 9.05. The number of nitrogens with zero attached hydrogens (tertiary/aromatic N) is 3. The van der Waals surface area contributed by atoms with Crippen LogP contribution in [0, 0.1) is 17.2 Å². The van der Waals surface area contributed by atoms with E-state index in [1.807, 2.05) is 12.1 Å². The molecule has 88 valence electrons. The Hall–Kier alpha value is -1.40. The van der Waals surface area contributed by atoms with Crippen molar-refractivity contribution in [1.29, 1.82) is 5.26 Å². The number of aromatic nitrogens is 1. The molecule has 0 spiro atoms. The van der Waals surface area contributed by atoms with Crippen molar-refractivity contribution in [3.05, 3.63) is 29.6 Å². The van der Waals surface area contributed by atoms with E-state index in [0.29, 0.717) is 5.69 Å². The Bertz CT molecular complexity index is 441. The molecule has 1 heterocycles. The van der Waals surface area contributed by atoms with Crippen molar-refractivity contribution in [2.45, 2.75) is 38.3 Å². The predicted molar refractivity (Wildman–Crippen MR) is 65.1 cm³/mol. The summed E-state index contributed by atoms with van der Waals surface area (Å²) in [5.41, 5.74) is 1.68. The molecule has 2 saturated carbocycles. The maximum Gasteiger partial charge on any atom is 0.144 e. The van der Waals surface area contributed by atoms with E-state index in [2.05, 4.69) is 16.0 Å². The standard InChI is InChI=1S/C14H17N3/c15-8-14-12(2-1-7-16-14)10-17(13-5-6-13)9-11-3-4-11/h1-2,7,11,13H,3-6,9-10H2. The Labute approximate surface area is 102 Å². The van der Waals surface area contributed by atoms with Crippen LogP contribution in [0.15, 0.2) is 18.3 Å². The fraction of sp³-hybridized carbons (Fsp3) is 0.571. The quantitative estimate of drug-likeness (QED) is 0.775. The Balaban J connectivity index is 1.72. The van der Waals surface area contributed by atoms with Gasteiger partial charge >= 0.3 is 0 Å². The first-order valence-corrected chi connectivity index (χ1v) is 6.45. The average Bonchev–Trinajstić information content (AvgIpc) is 3.21. The van der Waals surface area contributed by atoms with E-state index in [9.17, 15) is 0 Å². The molecule has 17 heavy (non-hydrogen) atoms. The Morgan fingerprint density at radius 1 is 1.35 bits per heavy atom. The van der Waals surface area contributed by atoms with Gasteiger partial charge in [-0.15, -0.1) is 0 Å². The molecule has 0 unspecified atom stereocenters. The van der Waals surface area contributed by atoms with Crippen LogP contribution in [-0.4, -0.2) is 22.5 Å². The van der Waals surface area contributed by atoms with E-state index < -0.39 is 0 Å².